The number of thioether (sulfide) groups is 1. The molecule has 7 heteroatoms. The lowest BCUT2D eigenvalue weighted by atomic mass is 10.2. The first-order chi connectivity index (χ1) is 11.2. The molecule has 0 amide bonds. The Kier molecular flexibility index (Phi) is 4.88. The van der Waals surface area contributed by atoms with Gasteiger partial charge in [0, 0.05) is 15.8 Å². The molecule has 118 valence electrons. The molecule has 0 bridgehead atoms. The molecule has 2 N–H and O–H groups in total. The van der Waals surface area contributed by atoms with Gasteiger partial charge in [-0.25, -0.2) is 4.68 Å². The molecule has 23 heavy (non-hydrogen) atoms. The van der Waals surface area contributed by atoms with Crippen molar-refractivity contribution in [3.8, 4) is 17.1 Å². The van der Waals surface area contributed by atoms with Gasteiger partial charge in [-0.1, -0.05) is 39.8 Å². The fourth-order valence-electron chi connectivity index (χ4n) is 2.04. The standard InChI is InChI=1S/C16H15BrN4OS/c1-22-14-8-4-12(5-9-14)15-19-20-16(21(15)18)23-10-11-2-6-13(17)7-3-11/h2-9H,10,18H2,1H3. The quantitative estimate of drug-likeness (QED) is 0.531. The van der Waals surface area contributed by atoms with Crippen LogP contribution in [0.1, 0.15) is 5.56 Å². The van der Waals surface area contributed by atoms with E-state index in [-0.39, 0.29) is 0 Å². The van der Waals surface area contributed by atoms with Crippen LogP contribution in [0.25, 0.3) is 11.4 Å². The van der Waals surface area contributed by atoms with Crippen LogP contribution in [0.4, 0.5) is 0 Å². The summed E-state index contributed by atoms with van der Waals surface area (Å²) in [6.45, 7) is 0. The summed E-state index contributed by atoms with van der Waals surface area (Å²) >= 11 is 4.98. The van der Waals surface area contributed by atoms with Gasteiger partial charge in [0.15, 0.2) is 5.82 Å². The Bertz CT molecular complexity index is 787. The zero-order valence-electron chi connectivity index (χ0n) is 12.4. The van der Waals surface area contributed by atoms with Crippen molar-refractivity contribution in [3.05, 3.63) is 58.6 Å². The first kappa shape index (κ1) is 15.9. The Balaban J connectivity index is 1.74. The largest absolute Gasteiger partial charge is 0.497 e. The molecule has 3 rings (SSSR count). The van der Waals surface area contributed by atoms with Crippen molar-refractivity contribution in [2.45, 2.75) is 10.9 Å². The van der Waals surface area contributed by atoms with Crippen molar-refractivity contribution < 1.29 is 4.74 Å². The molecule has 0 spiro atoms. The van der Waals surface area contributed by atoms with Crippen molar-refractivity contribution in [2.24, 2.45) is 0 Å². The maximum absolute atomic E-state index is 6.13. The molecule has 0 aliphatic rings. The van der Waals surface area contributed by atoms with Crippen LogP contribution in [0.5, 0.6) is 5.75 Å². The Morgan fingerprint density at radius 1 is 1.09 bits per heavy atom. The van der Waals surface area contributed by atoms with Crippen LogP contribution in [0.2, 0.25) is 0 Å². The first-order valence-corrected chi connectivity index (χ1v) is 8.67. The zero-order valence-corrected chi connectivity index (χ0v) is 14.8. The van der Waals surface area contributed by atoms with Crippen LogP contribution in [-0.2, 0) is 5.75 Å². The van der Waals surface area contributed by atoms with E-state index >= 15 is 0 Å². The fraction of sp³-hybridized carbons (Fsp3) is 0.125. The highest BCUT2D eigenvalue weighted by atomic mass is 79.9. The second-order valence-electron chi connectivity index (χ2n) is 4.82. The minimum atomic E-state index is 0.631. The molecule has 0 saturated carbocycles. The van der Waals surface area contributed by atoms with E-state index in [0.717, 1.165) is 21.5 Å². The summed E-state index contributed by atoms with van der Waals surface area (Å²) in [5.74, 6) is 8.33. The number of aromatic nitrogens is 3. The summed E-state index contributed by atoms with van der Waals surface area (Å²) in [4.78, 5) is 0. The number of halogens is 1. The van der Waals surface area contributed by atoms with Crippen LogP contribution in [-0.4, -0.2) is 22.0 Å². The summed E-state index contributed by atoms with van der Waals surface area (Å²) in [6.07, 6.45) is 0. The average molecular weight is 391 g/mol. The second-order valence-corrected chi connectivity index (χ2v) is 6.68. The lowest BCUT2D eigenvalue weighted by Crippen LogP contribution is -2.11. The fourth-order valence-corrected chi connectivity index (χ4v) is 3.12. The van der Waals surface area contributed by atoms with E-state index in [0.29, 0.717) is 11.0 Å². The molecule has 0 fully saturated rings. The molecule has 1 heterocycles. The van der Waals surface area contributed by atoms with E-state index in [9.17, 15) is 0 Å². The van der Waals surface area contributed by atoms with Gasteiger partial charge < -0.3 is 10.6 Å². The number of methoxy groups -OCH3 is 1. The maximum Gasteiger partial charge on any atom is 0.210 e. The molecular weight excluding hydrogens is 376 g/mol. The molecule has 0 unspecified atom stereocenters. The Hall–Kier alpha value is -1.99. The smallest absolute Gasteiger partial charge is 0.210 e. The third-order valence-electron chi connectivity index (χ3n) is 3.29. The number of benzene rings is 2. The SMILES string of the molecule is COc1ccc(-c2nnc(SCc3ccc(Br)cc3)n2N)cc1. The van der Waals surface area contributed by atoms with Gasteiger partial charge in [-0.15, -0.1) is 10.2 Å². The molecule has 1 aromatic heterocycles. The summed E-state index contributed by atoms with van der Waals surface area (Å²) < 4.78 is 7.74. The first-order valence-electron chi connectivity index (χ1n) is 6.89. The molecule has 0 atom stereocenters. The van der Waals surface area contributed by atoms with E-state index in [1.165, 1.54) is 10.2 Å². The van der Waals surface area contributed by atoms with E-state index < -0.39 is 0 Å². The Labute approximate surface area is 147 Å². The van der Waals surface area contributed by atoms with E-state index in [4.69, 9.17) is 10.6 Å². The third kappa shape index (κ3) is 3.68. The molecule has 5 nitrogen and oxygen atoms in total. The maximum atomic E-state index is 6.13. The van der Waals surface area contributed by atoms with Gasteiger partial charge >= 0.3 is 0 Å². The topological polar surface area (TPSA) is 66.0 Å². The zero-order chi connectivity index (χ0) is 16.2. The highest BCUT2D eigenvalue weighted by Crippen LogP contribution is 2.26. The lowest BCUT2D eigenvalue weighted by molar-refractivity contribution is 0.415. The molecule has 0 saturated heterocycles. The van der Waals surface area contributed by atoms with Crippen LogP contribution >= 0.6 is 27.7 Å². The van der Waals surface area contributed by atoms with Crippen LogP contribution in [0.15, 0.2) is 58.2 Å². The van der Waals surface area contributed by atoms with Crippen molar-refractivity contribution >= 4 is 27.7 Å². The molecule has 0 radical (unpaired) electrons. The molecular formula is C16H15BrN4OS. The number of rotatable bonds is 5. The van der Waals surface area contributed by atoms with Crippen LogP contribution in [0, 0.1) is 0 Å². The van der Waals surface area contributed by atoms with Crippen molar-refractivity contribution in [1.29, 1.82) is 0 Å². The van der Waals surface area contributed by atoms with E-state index in [2.05, 4.69) is 38.3 Å². The van der Waals surface area contributed by atoms with Gasteiger partial charge in [0.05, 0.1) is 7.11 Å². The van der Waals surface area contributed by atoms with Gasteiger partial charge in [-0.2, -0.15) is 0 Å². The molecule has 0 aliphatic heterocycles. The van der Waals surface area contributed by atoms with Crippen molar-refractivity contribution in [1.82, 2.24) is 14.9 Å². The minimum Gasteiger partial charge on any atom is -0.497 e. The van der Waals surface area contributed by atoms with Crippen molar-refractivity contribution in [3.63, 3.8) is 0 Å². The molecule has 3 aromatic rings. The monoisotopic (exact) mass is 390 g/mol. The Morgan fingerprint density at radius 3 is 2.43 bits per heavy atom. The van der Waals surface area contributed by atoms with Crippen LogP contribution in [0.3, 0.4) is 0 Å². The number of nitrogens with two attached hydrogens (primary N) is 1. The summed E-state index contributed by atoms with van der Waals surface area (Å²) in [7, 11) is 1.64. The molecule has 2 aromatic carbocycles. The van der Waals surface area contributed by atoms with Gasteiger partial charge in [0.2, 0.25) is 5.16 Å². The minimum absolute atomic E-state index is 0.631. The number of hydrogen-bond donors (Lipinski definition) is 1. The Morgan fingerprint density at radius 2 is 1.78 bits per heavy atom. The molecule has 0 aliphatic carbocycles. The van der Waals surface area contributed by atoms with Crippen molar-refractivity contribution in [2.75, 3.05) is 13.0 Å². The lowest BCUT2D eigenvalue weighted by Gasteiger charge is -2.05. The highest BCUT2D eigenvalue weighted by Gasteiger charge is 2.12. The number of nitrogen functional groups attached to an aromatic ring is 1. The van der Waals surface area contributed by atoms with E-state index in [1.54, 1.807) is 18.9 Å². The van der Waals surface area contributed by atoms with Crippen LogP contribution < -0.4 is 10.6 Å². The van der Waals surface area contributed by atoms with Gasteiger partial charge in [-0.05, 0) is 42.0 Å². The van der Waals surface area contributed by atoms with E-state index in [1.807, 2.05) is 36.4 Å². The summed E-state index contributed by atoms with van der Waals surface area (Å²) in [6, 6.07) is 15.7. The summed E-state index contributed by atoms with van der Waals surface area (Å²) in [5, 5.41) is 9.04. The second kappa shape index (κ2) is 7.06. The predicted molar refractivity (Wildman–Crippen MR) is 95.9 cm³/mol. The highest BCUT2D eigenvalue weighted by molar-refractivity contribution is 9.10. The van der Waals surface area contributed by atoms with Gasteiger partial charge in [-0.3, -0.25) is 0 Å². The predicted octanol–water partition coefficient (Wildman–Crippen LogP) is 3.72. The number of hydrogen-bond acceptors (Lipinski definition) is 5. The normalized spacial score (nSPS) is 10.7. The van der Waals surface area contributed by atoms with Gasteiger partial charge in [0.25, 0.3) is 0 Å². The number of nitrogens with zero attached hydrogens (tertiary/aromatic N) is 3. The average Bonchev–Trinajstić information content (AvgIpc) is 2.95. The number of ether oxygens (including phenoxy) is 1. The van der Waals surface area contributed by atoms with Gasteiger partial charge in [0.1, 0.15) is 5.75 Å². The summed E-state index contributed by atoms with van der Waals surface area (Å²) in [5.41, 5.74) is 2.10. The third-order valence-corrected chi connectivity index (χ3v) is 4.84.